The Labute approximate surface area is 120 Å². The van der Waals surface area contributed by atoms with Gasteiger partial charge in [0.1, 0.15) is 5.92 Å². The SMILES string of the molecule is C/C=C(/O[Si](C)(C)C)C(CCC)C(=O)O[Si](C)(C)C. The molecule has 0 fully saturated rings. The van der Waals surface area contributed by atoms with Crippen LogP contribution in [0.25, 0.3) is 0 Å². The molecule has 0 heterocycles. The Morgan fingerprint density at radius 2 is 1.53 bits per heavy atom. The van der Waals surface area contributed by atoms with Crippen molar-refractivity contribution in [2.75, 3.05) is 0 Å². The molecular formula is C14H30O3Si2. The van der Waals surface area contributed by atoms with Gasteiger partial charge in [-0.05, 0) is 52.6 Å². The zero-order chi connectivity index (χ0) is 15.3. The molecule has 0 radical (unpaired) electrons. The number of rotatable bonds is 7. The maximum Gasteiger partial charge on any atom is 0.303 e. The van der Waals surface area contributed by atoms with Gasteiger partial charge in [0.2, 0.25) is 16.6 Å². The summed E-state index contributed by atoms with van der Waals surface area (Å²) in [4.78, 5) is 12.3. The monoisotopic (exact) mass is 302 g/mol. The van der Waals surface area contributed by atoms with Gasteiger partial charge in [-0.15, -0.1) is 0 Å². The molecule has 0 amide bonds. The zero-order valence-corrected chi connectivity index (χ0v) is 15.8. The summed E-state index contributed by atoms with van der Waals surface area (Å²) in [6, 6.07) is 0. The fraction of sp³-hybridized carbons (Fsp3) is 0.786. The van der Waals surface area contributed by atoms with Crippen molar-refractivity contribution in [3.63, 3.8) is 0 Å². The van der Waals surface area contributed by atoms with Crippen molar-refractivity contribution in [3.8, 4) is 0 Å². The lowest BCUT2D eigenvalue weighted by atomic mass is 10.0. The van der Waals surface area contributed by atoms with Crippen LogP contribution >= 0.6 is 0 Å². The highest BCUT2D eigenvalue weighted by Crippen LogP contribution is 2.25. The Kier molecular flexibility index (Phi) is 7.07. The average Bonchev–Trinajstić information content (AvgIpc) is 2.19. The minimum absolute atomic E-state index is 0.118. The molecule has 0 aromatic rings. The standard InChI is InChI=1S/C14H30O3Si2/c1-9-11-12(14(15)17-19(6,7)8)13(10-2)16-18(3,4)5/h10,12H,9,11H2,1-8H3/b13-10+. The average molecular weight is 303 g/mol. The predicted molar refractivity (Wildman–Crippen MR) is 86.0 cm³/mol. The third kappa shape index (κ3) is 8.26. The maximum atomic E-state index is 12.3. The first-order valence-corrected chi connectivity index (χ1v) is 13.9. The first kappa shape index (κ1) is 18.4. The first-order chi connectivity index (χ1) is 8.50. The number of allylic oxidation sites excluding steroid dienone is 1. The van der Waals surface area contributed by atoms with Crippen LogP contribution in [0, 0.1) is 5.92 Å². The van der Waals surface area contributed by atoms with Gasteiger partial charge in [-0.3, -0.25) is 4.79 Å². The molecule has 0 aliphatic carbocycles. The van der Waals surface area contributed by atoms with Crippen LogP contribution in [0.15, 0.2) is 11.8 Å². The maximum absolute atomic E-state index is 12.3. The third-order valence-corrected chi connectivity index (χ3v) is 3.98. The van der Waals surface area contributed by atoms with Gasteiger partial charge in [-0.25, -0.2) is 0 Å². The normalized spacial score (nSPS) is 15.1. The van der Waals surface area contributed by atoms with Crippen molar-refractivity contribution in [2.24, 2.45) is 5.92 Å². The summed E-state index contributed by atoms with van der Waals surface area (Å²) in [5, 5.41) is 0. The third-order valence-electron chi connectivity index (χ3n) is 2.32. The molecule has 112 valence electrons. The lowest BCUT2D eigenvalue weighted by Gasteiger charge is -2.28. The number of carbonyl (C=O) groups excluding carboxylic acids is 1. The molecule has 0 aromatic carbocycles. The summed E-state index contributed by atoms with van der Waals surface area (Å²) in [5.41, 5.74) is 0. The summed E-state index contributed by atoms with van der Waals surface area (Å²) < 4.78 is 11.7. The van der Waals surface area contributed by atoms with Crippen molar-refractivity contribution in [3.05, 3.63) is 11.8 Å². The van der Waals surface area contributed by atoms with E-state index in [2.05, 4.69) is 26.6 Å². The van der Waals surface area contributed by atoms with Crippen LogP contribution in [0.2, 0.25) is 39.3 Å². The summed E-state index contributed by atoms with van der Waals surface area (Å²) in [5.74, 6) is 0.435. The second-order valence-electron chi connectivity index (χ2n) is 6.78. The van der Waals surface area contributed by atoms with Crippen molar-refractivity contribution in [2.45, 2.75) is 66.0 Å². The summed E-state index contributed by atoms with van der Waals surface area (Å²) in [6.45, 7) is 16.5. The van der Waals surface area contributed by atoms with Crippen LogP contribution in [0.1, 0.15) is 26.7 Å². The van der Waals surface area contributed by atoms with Crippen LogP contribution in [0.5, 0.6) is 0 Å². The smallest absolute Gasteiger partial charge is 0.303 e. The topological polar surface area (TPSA) is 35.5 Å². The fourth-order valence-electron chi connectivity index (χ4n) is 1.72. The molecule has 0 N–H and O–H groups in total. The predicted octanol–water partition coefficient (Wildman–Crippen LogP) is 4.54. The Hall–Kier alpha value is -0.556. The van der Waals surface area contributed by atoms with Crippen LogP contribution in [-0.2, 0) is 13.6 Å². The Bertz CT molecular complexity index is 325. The highest BCUT2D eigenvalue weighted by Gasteiger charge is 2.31. The van der Waals surface area contributed by atoms with Crippen molar-refractivity contribution in [1.29, 1.82) is 0 Å². The lowest BCUT2D eigenvalue weighted by Crippen LogP contribution is -2.36. The van der Waals surface area contributed by atoms with E-state index in [0.717, 1.165) is 18.6 Å². The summed E-state index contributed by atoms with van der Waals surface area (Å²) in [6.07, 6.45) is 3.65. The highest BCUT2D eigenvalue weighted by atomic mass is 28.4. The van der Waals surface area contributed by atoms with Crippen molar-refractivity contribution >= 4 is 22.6 Å². The van der Waals surface area contributed by atoms with E-state index in [0.29, 0.717) is 0 Å². The van der Waals surface area contributed by atoms with E-state index in [4.69, 9.17) is 8.85 Å². The zero-order valence-electron chi connectivity index (χ0n) is 13.8. The van der Waals surface area contributed by atoms with Gasteiger partial charge in [-0.1, -0.05) is 19.4 Å². The van der Waals surface area contributed by atoms with Gasteiger partial charge >= 0.3 is 5.97 Å². The second-order valence-corrected chi connectivity index (χ2v) is 15.6. The van der Waals surface area contributed by atoms with Crippen LogP contribution < -0.4 is 0 Å². The molecule has 0 aromatic heterocycles. The van der Waals surface area contributed by atoms with Crippen molar-refractivity contribution in [1.82, 2.24) is 0 Å². The fourth-order valence-corrected chi connectivity index (χ4v) is 3.44. The molecule has 5 heteroatoms. The van der Waals surface area contributed by atoms with E-state index in [9.17, 15) is 4.79 Å². The largest absolute Gasteiger partial charge is 0.547 e. The van der Waals surface area contributed by atoms with Crippen LogP contribution in [0.3, 0.4) is 0 Å². The van der Waals surface area contributed by atoms with Gasteiger partial charge in [0, 0.05) is 0 Å². The number of hydrogen-bond acceptors (Lipinski definition) is 3. The molecule has 0 aliphatic heterocycles. The number of hydrogen-bond donors (Lipinski definition) is 0. The molecule has 0 bridgehead atoms. The lowest BCUT2D eigenvalue weighted by molar-refractivity contribution is -0.139. The minimum Gasteiger partial charge on any atom is -0.547 e. The summed E-state index contributed by atoms with van der Waals surface area (Å²) in [7, 11) is -3.55. The molecule has 3 nitrogen and oxygen atoms in total. The van der Waals surface area contributed by atoms with Gasteiger partial charge in [0.25, 0.3) is 0 Å². The molecule has 0 aliphatic rings. The highest BCUT2D eigenvalue weighted by molar-refractivity contribution is 6.71. The molecule has 1 unspecified atom stereocenters. The van der Waals surface area contributed by atoms with E-state index in [1.54, 1.807) is 0 Å². The molecule has 0 spiro atoms. The van der Waals surface area contributed by atoms with E-state index in [1.165, 1.54) is 0 Å². The van der Waals surface area contributed by atoms with E-state index >= 15 is 0 Å². The molecule has 19 heavy (non-hydrogen) atoms. The Morgan fingerprint density at radius 1 is 1.05 bits per heavy atom. The Balaban J connectivity index is 5.02. The Morgan fingerprint density at radius 3 is 1.84 bits per heavy atom. The molecular weight excluding hydrogens is 272 g/mol. The van der Waals surface area contributed by atoms with E-state index < -0.39 is 16.6 Å². The van der Waals surface area contributed by atoms with Gasteiger partial charge in [0.05, 0.1) is 5.76 Å². The van der Waals surface area contributed by atoms with E-state index in [-0.39, 0.29) is 11.9 Å². The van der Waals surface area contributed by atoms with E-state index in [1.807, 2.05) is 32.6 Å². The molecule has 0 rings (SSSR count). The van der Waals surface area contributed by atoms with Crippen LogP contribution in [0.4, 0.5) is 0 Å². The molecule has 0 saturated heterocycles. The molecule has 0 saturated carbocycles. The van der Waals surface area contributed by atoms with Gasteiger partial charge < -0.3 is 8.85 Å². The van der Waals surface area contributed by atoms with Gasteiger partial charge in [0.15, 0.2) is 0 Å². The number of carbonyl (C=O) groups is 1. The second kappa shape index (κ2) is 7.29. The van der Waals surface area contributed by atoms with Crippen LogP contribution in [-0.4, -0.2) is 22.6 Å². The van der Waals surface area contributed by atoms with Gasteiger partial charge in [-0.2, -0.15) is 0 Å². The minimum atomic E-state index is -1.85. The first-order valence-electron chi connectivity index (χ1n) is 7.08. The summed E-state index contributed by atoms with van der Waals surface area (Å²) >= 11 is 0. The molecule has 1 atom stereocenters. The quantitative estimate of drug-likeness (QED) is 0.512. The van der Waals surface area contributed by atoms with Crippen molar-refractivity contribution < 1.29 is 13.6 Å².